The maximum atomic E-state index is 13.4. The quantitative estimate of drug-likeness (QED) is 0.665. The first kappa shape index (κ1) is 21.7. The Kier molecular flexibility index (Phi) is 7.19. The third-order valence-electron chi connectivity index (χ3n) is 5.23. The highest BCUT2D eigenvalue weighted by molar-refractivity contribution is 7.10. The fraction of sp³-hybridized carbons (Fsp3) is 0.455. The lowest BCUT2D eigenvalue weighted by molar-refractivity contribution is -0.134. The van der Waals surface area contributed by atoms with Crippen LogP contribution in [0.3, 0.4) is 0 Å². The third kappa shape index (κ3) is 4.93. The molecule has 0 bridgehead atoms. The maximum Gasteiger partial charge on any atom is 0.319 e. The van der Waals surface area contributed by atoms with Crippen molar-refractivity contribution in [3.05, 3.63) is 56.7 Å². The minimum Gasteiger partial charge on any atom is -0.331 e. The van der Waals surface area contributed by atoms with Crippen LogP contribution in [0.1, 0.15) is 41.8 Å². The normalized spacial score (nSPS) is 15.7. The second kappa shape index (κ2) is 9.63. The summed E-state index contributed by atoms with van der Waals surface area (Å²) in [5, 5.41) is 2.76. The molecule has 1 aromatic carbocycles. The van der Waals surface area contributed by atoms with Gasteiger partial charge in [-0.05, 0) is 47.5 Å². The van der Waals surface area contributed by atoms with Crippen LogP contribution in [0.5, 0.6) is 0 Å². The fourth-order valence-corrected chi connectivity index (χ4v) is 4.75. The van der Waals surface area contributed by atoms with Crippen LogP contribution >= 0.6 is 22.9 Å². The number of hydrogen-bond acceptors (Lipinski definition) is 3. The van der Waals surface area contributed by atoms with E-state index in [1.165, 1.54) is 15.3 Å². The number of unbranched alkanes of at least 4 members (excludes halogenated alkanes) is 1. The van der Waals surface area contributed by atoms with Gasteiger partial charge in [0, 0.05) is 37.1 Å². The van der Waals surface area contributed by atoms with Gasteiger partial charge in [-0.3, -0.25) is 4.79 Å². The molecular weight excluding hydrogens is 406 g/mol. The van der Waals surface area contributed by atoms with Gasteiger partial charge in [-0.1, -0.05) is 37.1 Å². The van der Waals surface area contributed by atoms with Crippen molar-refractivity contribution >= 4 is 34.9 Å². The van der Waals surface area contributed by atoms with Crippen LogP contribution in [-0.2, 0) is 11.2 Å². The van der Waals surface area contributed by atoms with Crippen LogP contribution in [0.4, 0.5) is 4.79 Å². The van der Waals surface area contributed by atoms with Crippen molar-refractivity contribution in [2.24, 2.45) is 0 Å². The minimum absolute atomic E-state index is 0.0203. The van der Waals surface area contributed by atoms with Gasteiger partial charge in [0.05, 0.1) is 6.04 Å². The summed E-state index contributed by atoms with van der Waals surface area (Å²) < 4.78 is 0. The summed E-state index contributed by atoms with van der Waals surface area (Å²) in [6.07, 6.45) is 2.70. The van der Waals surface area contributed by atoms with Gasteiger partial charge in [-0.25, -0.2) is 4.79 Å². The molecule has 1 aromatic heterocycles. The van der Waals surface area contributed by atoms with E-state index in [0.29, 0.717) is 18.1 Å². The Labute approximate surface area is 181 Å². The molecule has 0 saturated carbocycles. The first-order valence-corrected chi connectivity index (χ1v) is 11.3. The maximum absolute atomic E-state index is 13.4. The number of fused-ring (bicyclic) bond motifs is 1. The molecule has 2 aromatic rings. The van der Waals surface area contributed by atoms with E-state index in [1.54, 1.807) is 30.3 Å². The molecule has 1 aliphatic heterocycles. The minimum atomic E-state index is -0.141. The summed E-state index contributed by atoms with van der Waals surface area (Å²) >= 11 is 7.82. The van der Waals surface area contributed by atoms with Crippen LogP contribution < -0.4 is 0 Å². The molecule has 156 valence electrons. The Balaban J connectivity index is 1.87. The van der Waals surface area contributed by atoms with E-state index < -0.39 is 0 Å². The highest BCUT2D eigenvalue weighted by Crippen LogP contribution is 2.38. The van der Waals surface area contributed by atoms with E-state index >= 15 is 0 Å². The molecule has 0 fully saturated rings. The van der Waals surface area contributed by atoms with Gasteiger partial charge >= 0.3 is 6.03 Å². The predicted octanol–water partition coefficient (Wildman–Crippen LogP) is 4.66. The van der Waals surface area contributed by atoms with Crippen molar-refractivity contribution in [1.82, 2.24) is 14.7 Å². The summed E-state index contributed by atoms with van der Waals surface area (Å²) in [6, 6.07) is 9.55. The SMILES string of the molecule is CCCCN(CC(=O)N1CCc2sccc2C1c1ccc(Cl)cc1)C(=O)N(C)C. The number of carbonyl (C=O) groups excluding carboxylic acids is 2. The molecule has 5 nitrogen and oxygen atoms in total. The molecule has 2 heterocycles. The summed E-state index contributed by atoms with van der Waals surface area (Å²) in [5.41, 5.74) is 2.22. The van der Waals surface area contributed by atoms with Crippen molar-refractivity contribution in [3.8, 4) is 0 Å². The van der Waals surface area contributed by atoms with E-state index in [-0.39, 0.29) is 24.5 Å². The van der Waals surface area contributed by atoms with Gasteiger partial charge in [-0.2, -0.15) is 0 Å². The van der Waals surface area contributed by atoms with E-state index in [4.69, 9.17) is 11.6 Å². The van der Waals surface area contributed by atoms with Crippen LogP contribution in [0.15, 0.2) is 35.7 Å². The van der Waals surface area contributed by atoms with E-state index in [9.17, 15) is 9.59 Å². The second-order valence-electron chi connectivity index (χ2n) is 7.54. The molecule has 0 saturated heterocycles. The van der Waals surface area contributed by atoms with Gasteiger partial charge in [0.15, 0.2) is 0 Å². The Hall–Kier alpha value is -2.05. The van der Waals surface area contributed by atoms with Gasteiger partial charge in [0.2, 0.25) is 5.91 Å². The summed E-state index contributed by atoms with van der Waals surface area (Å²) in [7, 11) is 3.45. The van der Waals surface area contributed by atoms with Gasteiger partial charge in [-0.15, -0.1) is 11.3 Å². The smallest absolute Gasteiger partial charge is 0.319 e. The van der Waals surface area contributed by atoms with E-state index in [2.05, 4.69) is 18.4 Å². The Bertz CT molecular complexity index is 850. The lowest BCUT2D eigenvalue weighted by Crippen LogP contribution is -2.49. The molecule has 0 aliphatic carbocycles. The van der Waals surface area contributed by atoms with Crippen LogP contribution in [0, 0.1) is 0 Å². The van der Waals surface area contributed by atoms with Crippen molar-refractivity contribution in [2.45, 2.75) is 32.2 Å². The molecule has 1 aliphatic rings. The number of urea groups is 1. The number of hydrogen-bond donors (Lipinski definition) is 0. The van der Waals surface area contributed by atoms with Crippen LogP contribution in [-0.4, -0.2) is 60.4 Å². The lowest BCUT2D eigenvalue weighted by atomic mass is 9.93. The van der Waals surface area contributed by atoms with Crippen LogP contribution in [0.25, 0.3) is 0 Å². The zero-order valence-corrected chi connectivity index (χ0v) is 18.8. The average Bonchev–Trinajstić information content (AvgIpc) is 3.19. The largest absolute Gasteiger partial charge is 0.331 e. The van der Waals surface area contributed by atoms with Crippen molar-refractivity contribution in [3.63, 3.8) is 0 Å². The Morgan fingerprint density at radius 2 is 1.93 bits per heavy atom. The number of amides is 3. The molecule has 1 unspecified atom stereocenters. The number of nitrogens with zero attached hydrogens (tertiary/aromatic N) is 3. The van der Waals surface area contributed by atoms with Crippen LogP contribution in [0.2, 0.25) is 5.02 Å². The summed E-state index contributed by atoms with van der Waals surface area (Å²) in [4.78, 5) is 32.4. The highest BCUT2D eigenvalue weighted by atomic mass is 35.5. The van der Waals surface area contributed by atoms with Gasteiger partial charge in [0.25, 0.3) is 0 Å². The van der Waals surface area contributed by atoms with Gasteiger partial charge < -0.3 is 14.7 Å². The van der Waals surface area contributed by atoms with Gasteiger partial charge in [0.1, 0.15) is 6.54 Å². The third-order valence-corrected chi connectivity index (χ3v) is 6.48. The zero-order chi connectivity index (χ0) is 21.0. The number of carbonyl (C=O) groups is 2. The van der Waals surface area contributed by atoms with Crippen molar-refractivity contribution < 1.29 is 9.59 Å². The monoisotopic (exact) mass is 433 g/mol. The molecule has 3 rings (SSSR count). The van der Waals surface area contributed by atoms with Crippen molar-refractivity contribution in [2.75, 3.05) is 33.7 Å². The molecule has 29 heavy (non-hydrogen) atoms. The molecule has 0 radical (unpaired) electrons. The zero-order valence-electron chi connectivity index (χ0n) is 17.2. The first-order chi connectivity index (χ1) is 13.9. The Morgan fingerprint density at radius 3 is 2.59 bits per heavy atom. The summed E-state index contributed by atoms with van der Waals surface area (Å²) in [6.45, 7) is 3.42. The van der Waals surface area contributed by atoms with Crippen molar-refractivity contribution in [1.29, 1.82) is 0 Å². The molecular formula is C22H28ClN3O2S. The first-order valence-electron chi connectivity index (χ1n) is 9.99. The summed E-state index contributed by atoms with van der Waals surface area (Å²) in [5.74, 6) is -0.0203. The molecule has 0 spiro atoms. The Morgan fingerprint density at radius 1 is 1.21 bits per heavy atom. The second-order valence-corrected chi connectivity index (χ2v) is 8.98. The predicted molar refractivity (Wildman–Crippen MR) is 119 cm³/mol. The fourth-order valence-electron chi connectivity index (χ4n) is 3.72. The van der Waals surface area contributed by atoms with E-state index in [0.717, 1.165) is 24.8 Å². The number of benzene rings is 1. The highest BCUT2D eigenvalue weighted by Gasteiger charge is 2.34. The topological polar surface area (TPSA) is 43.9 Å². The van der Waals surface area contributed by atoms with E-state index in [1.807, 2.05) is 29.2 Å². The molecule has 1 atom stereocenters. The molecule has 3 amide bonds. The number of halogens is 1. The standard InChI is InChI=1S/C22H28ClN3O2S/c1-4-5-12-25(22(28)24(2)3)15-20(27)26-13-10-19-18(11-14-29-19)21(26)16-6-8-17(23)9-7-16/h6-9,11,14,21H,4-5,10,12-13,15H2,1-3H3. The number of thiophene rings is 1. The average molecular weight is 434 g/mol. The lowest BCUT2D eigenvalue weighted by Gasteiger charge is -2.38. The molecule has 7 heteroatoms. The number of rotatable bonds is 6. The molecule has 0 N–H and O–H groups in total.